The number of aromatic nitrogens is 1. The molecule has 1 aliphatic heterocycles. The molecule has 1 aromatic heterocycles. The second-order valence-corrected chi connectivity index (χ2v) is 5.83. The first-order valence-electron chi connectivity index (χ1n) is 7.31. The molecule has 1 aliphatic rings. The van der Waals surface area contributed by atoms with Crippen molar-refractivity contribution < 1.29 is 4.74 Å². The van der Waals surface area contributed by atoms with Gasteiger partial charge in [0.05, 0.1) is 17.7 Å². The molecule has 0 saturated carbocycles. The first-order chi connectivity index (χ1) is 10.8. The zero-order chi connectivity index (χ0) is 15.1. The van der Waals surface area contributed by atoms with Crippen LogP contribution in [0.2, 0.25) is 5.02 Å². The van der Waals surface area contributed by atoms with Crippen molar-refractivity contribution in [2.75, 3.05) is 6.61 Å². The lowest BCUT2D eigenvalue weighted by Gasteiger charge is -2.21. The lowest BCUT2D eigenvalue weighted by Crippen LogP contribution is -2.26. The zero-order valence-electron chi connectivity index (χ0n) is 11.9. The fourth-order valence-electron chi connectivity index (χ4n) is 3.03. The molecule has 0 fully saturated rings. The Balaban J connectivity index is 2.17. The van der Waals surface area contributed by atoms with Crippen LogP contribution in [-0.2, 0) is 6.42 Å². The van der Waals surface area contributed by atoms with Crippen LogP contribution in [0.15, 0.2) is 53.3 Å². The number of ether oxygens (including phenoxy) is 1. The largest absolute Gasteiger partial charge is 0.492 e. The molecule has 4 rings (SSSR count). The second-order valence-electron chi connectivity index (χ2n) is 5.40. The van der Waals surface area contributed by atoms with Crippen LogP contribution in [0.1, 0.15) is 12.0 Å². The Labute approximate surface area is 132 Å². The Morgan fingerprint density at radius 2 is 1.91 bits per heavy atom. The number of fused-ring (bicyclic) bond motifs is 3. The maximum absolute atomic E-state index is 13.0. The maximum atomic E-state index is 13.0. The summed E-state index contributed by atoms with van der Waals surface area (Å²) in [6.45, 7) is 0.652. The molecular weight excluding hydrogens is 298 g/mol. The molecular formula is C18H14ClNO2. The molecule has 0 saturated heterocycles. The van der Waals surface area contributed by atoms with Gasteiger partial charge < -0.3 is 4.74 Å². The molecule has 110 valence electrons. The van der Waals surface area contributed by atoms with E-state index in [2.05, 4.69) is 0 Å². The number of hydrogen-bond donors (Lipinski definition) is 0. The molecule has 0 atom stereocenters. The molecule has 0 unspecified atom stereocenters. The average molecular weight is 312 g/mol. The van der Waals surface area contributed by atoms with Crippen molar-refractivity contribution in [1.29, 1.82) is 0 Å². The minimum absolute atomic E-state index is 0.0179. The number of para-hydroxylation sites is 1. The molecule has 3 aromatic rings. The number of benzene rings is 2. The van der Waals surface area contributed by atoms with E-state index in [-0.39, 0.29) is 5.56 Å². The van der Waals surface area contributed by atoms with E-state index in [4.69, 9.17) is 16.3 Å². The summed E-state index contributed by atoms with van der Waals surface area (Å²) in [6, 6.07) is 15.2. The van der Waals surface area contributed by atoms with Crippen LogP contribution in [0.3, 0.4) is 0 Å². The smallest absolute Gasteiger partial charge is 0.262 e. The predicted molar refractivity (Wildman–Crippen MR) is 88.4 cm³/mol. The Kier molecular flexibility index (Phi) is 3.16. The number of rotatable bonds is 1. The fourth-order valence-corrected chi connectivity index (χ4v) is 3.19. The van der Waals surface area contributed by atoms with Crippen molar-refractivity contribution >= 4 is 22.5 Å². The molecule has 0 amide bonds. The van der Waals surface area contributed by atoms with E-state index in [1.165, 1.54) is 0 Å². The minimum Gasteiger partial charge on any atom is -0.492 e. The van der Waals surface area contributed by atoms with Crippen LogP contribution >= 0.6 is 11.6 Å². The molecule has 0 N–H and O–H groups in total. The third kappa shape index (κ3) is 2.01. The number of hydrogen-bond acceptors (Lipinski definition) is 2. The van der Waals surface area contributed by atoms with Gasteiger partial charge in [-0.3, -0.25) is 9.36 Å². The number of nitrogens with zero attached hydrogens (tertiary/aromatic N) is 1. The molecule has 4 heteroatoms. The minimum atomic E-state index is -0.0179. The van der Waals surface area contributed by atoms with Gasteiger partial charge in [-0.25, -0.2) is 0 Å². The monoisotopic (exact) mass is 311 g/mol. The van der Waals surface area contributed by atoms with Gasteiger partial charge in [-0.2, -0.15) is 0 Å². The summed E-state index contributed by atoms with van der Waals surface area (Å²) < 4.78 is 7.52. The van der Waals surface area contributed by atoms with Crippen molar-refractivity contribution in [2.45, 2.75) is 12.8 Å². The summed E-state index contributed by atoms with van der Waals surface area (Å²) in [7, 11) is 0. The van der Waals surface area contributed by atoms with E-state index in [0.717, 1.165) is 40.7 Å². The van der Waals surface area contributed by atoms with Gasteiger partial charge >= 0.3 is 0 Å². The van der Waals surface area contributed by atoms with E-state index in [1.807, 2.05) is 48.5 Å². The van der Waals surface area contributed by atoms with E-state index in [0.29, 0.717) is 11.6 Å². The standard InChI is InChI=1S/C18H14ClNO2/c19-12-8-9-14-16(11-12)20(13-5-2-1-3-6-13)18(21)15-7-4-10-22-17(14)15/h1-3,5-6,8-9,11H,4,7,10H2. The molecule has 22 heavy (non-hydrogen) atoms. The summed E-state index contributed by atoms with van der Waals surface area (Å²) in [6.07, 6.45) is 1.62. The number of pyridine rings is 1. The SMILES string of the molecule is O=c1c2c(c3ccc(Cl)cc3n1-c1ccccc1)OCCC2. The fraction of sp³-hybridized carbons (Fsp3) is 0.167. The summed E-state index contributed by atoms with van der Waals surface area (Å²) in [5.74, 6) is 0.718. The molecule has 2 aromatic carbocycles. The Bertz CT molecular complexity index is 916. The second kappa shape index (κ2) is 5.18. The zero-order valence-corrected chi connectivity index (χ0v) is 12.6. The van der Waals surface area contributed by atoms with Crippen LogP contribution in [0.4, 0.5) is 0 Å². The molecule has 0 bridgehead atoms. The first-order valence-corrected chi connectivity index (χ1v) is 7.69. The van der Waals surface area contributed by atoms with Crippen molar-refractivity contribution in [3.05, 3.63) is 69.5 Å². The maximum Gasteiger partial charge on any atom is 0.262 e. The highest BCUT2D eigenvalue weighted by atomic mass is 35.5. The highest BCUT2D eigenvalue weighted by molar-refractivity contribution is 6.31. The van der Waals surface area contributed by atoms with Gasteiger partial charge in [0.1, 0.15) is 5.75 Å². The van der Waals surface area contributed by atoms with Crippen molar-refractivity contribution in [1.82, 2.24) is 4.57 Å². The predicted octanol–water partition coefficient (Wildman–Crippen LogP) is 3.97. The highest BCUT2D eigenvalue weighted by Crippen LogP contribution is 2.33. The summed E-state index contributed by atoms with van der Waals surface area (Å²) >= 11 is 6.16. The Morgan fingerprint density at radius 1 is 1.09 bits per heavy atom. The summed E-state index contributed by atoms with van der Waals surface area (Å²) in [5, 5.41) is 1.54. The van der Waals surface area contributed by atoms with Crippen molar-refractivity contribution in [3.8, 4) is 11.4 Å². The van der Waals surface area contributed by atoms with E-state index >= 15 is 0 Å². The topological polar surface area (TPSA) is 31.2 Å². The molecule has 0 radical (unpaired) electrons. The van der Waals surface area contributed by atoms with E-state index in [1.54, 1.807) is 4.57 Å². The third-order valence-corrected chi connectivity index (χ3v) is 4.25. The lowest BCUT2D eigenvalue weighted by molar-refractivity contribution is 0.290. The van der Waals surface area contributed by atoms with Crippen LogP contribution in [0.25, 0.3) is 16.6 Å². The van der Waals surface area contributed by atoms with Gasteiger partial charge in [-0.05, 0) is 43.2 Å². The Hall–Kier alpha value is -2.26. The first kappa shape index (κ1) is 13.4. The Morgan fingerprint density at radius 3 is 2.73 bits per heavy atom. The van der Waals surface area contributed by atoms with Gasteiger partial charge in [0.2, 0.25) is 0 Å². The average Bonchev–Trinajstić information content (AvgIpc) is 2.56. The highest BCUT2D eigenvalue weighted by Gasteiger charge is 2.21. The molecule has 3 nitrogen and oxygen atoms in total. The van der Waals surface area contributed by atoms with Crippen LogP contribution < -0.4 is 10.3 Å². The summed E-state index contributed by atoms with van der Waals surface area (Å²) in [4.78, 5) is 13.0. The van der Waals surface area contributed by atoms with Crippen LogP contribution in [0.5, 0.6) is 5.75 Å². The van der Waals surface area contributed by atoms with Crippen molar-refractivity contribution in [3.63, 3.8) is 0 Å². The van der Waals surface area contributed by atoms with Gasteiger partial charge in [-0.15, -0.1) is 0 Å². The van der Waals surface area contributed by atoms with Gasteiger partial charge in [0, 0.05) is 16.1 Å². The molecule has 0 aliphatic carbocycles. The summed E-state index contributed by atoms with van der Waals surface area (Å²) in [5.41, 5.74) is 2.36. The normalized spacial score (nSPS) is 13.7. The molecule has 2 heterocycles. The van der Waals surface area contributed by atoms with Crippen LogP contribution in [0, 0.1) is 0 Å². The van der Waals surface area contributed by atoms with Gasteiger partial charge in [-0.1, -0.05) is 29.8 Å². The lowest BCUT2D eigenvalue weighted by atomic mass is 10.0. The third-order valence-electron chi connectivity index (χ3n) is 4.01. The van der Waals surface area contributed by atoms with Crippen LogP contribution in [-0.4, -0.2) is 11.2 Å². The quantitative estimate of drug-likeness (QED) is 0.681. The van der Waals surface area contributed by atoms with Crippen molar-refractivity contribution in [2.24, 2.45) is 0 Å². The van der Waals surface area contributed by atoms with Gasteiger partial charge in [0.15, 0.2) is 0 Å². The van der Waals surface area contributed by atoms with E-state index < -0.39 is 0 Å². The molecule has 0 spiro atoms. The van der Waals surface area contributed by atoms with E-state index in [9.17, 15) is 4.79 Å². The van der Waals surface area contributed by atoms with Gasteiger partial charge in [0.25, 0.3) is 5.56 Å². The number of halogens is 1.